The van der Waals surface area contributed by atoms with Crippen molar-refractivity contribution in [3.8, 4) is 5.75 Å². The van der Waals surface area contributed by atoms with E-state index in [1.54, 1.807) is 0 Å². The highest BCUT2D eigenvalue weighted by molar-refractivity contribution is 5.28. The maximum atomic E-state index is 13.0. The summed E-state index contributed by atoms with van der Waals surface area (Å²) in [6.45, 7) is 4.30. The number of aryl methyl sites for hydroxylation is 1. The normalized spacial score (nSPS) is 19.3. The monoisotopic (exact) mass is 269 g/mol. The van der Waals surface area contributed by atoms with Gasteiger partial charge in [0.2, 0.25) is 0 Å². The van der Waals surface area contributed by atoms with E-state index in [0.29, 0.717) is 26.2 Å². The number of halogens is 2. The number of nitrogens with zero attached hydrogens (tertiary/aromatic N) is 1. The third-order valence-corrected chi connectivity index (χ3v) is 3.57. The lowest BCUT2D eigenvalue weighted by Crippen LogP contribution is -2.41. The van der Waals surface area contributed by atoms with Gasteiger partial charge in [-0.2, -0.15) is 0 Å². The zero-order valence-electron chi connectivity index (χ0n) is 11.4. The van der Waals surface area contributed by atoms with Crippen molar-refractivity contribution in [3.05, 3.63) is 29.8 Å². The number of piperidine rings is 1. The third-order valence-electron chi connectivity index (χ3n) is 3.57. The van der Waals surface area contributed by atoms with Crippen LogP contribution in [0, 0.1) is 0 Å². The molecule has 4 heteroatoms. The Hall–Kier alpha value is -1.16. The molecule has 0 radical (unpaired) electrons. The summed E-state index contributed by atoms with van der Waals surface area (Å²) in [6.07, 6.45) is 0.926. The van der Waals surface area contributed by atoms with Gasteiger partial charge in [0.05, 0.1) is 0 Å². The van der Waals surface area contributed by atoms with Gasteiger partial charge in [0.1, 0.15) is 12.4 Å². The molecule has 19 heavy (non-hydrogen) atoms. The van der Waals surface area contributed by atoms with Gasteiger partial charge in [-0.1, -0.05) is 19.1 Å². The molecule has 2 nitrogen and oxygen atoms in total. The van der Waals surface area contributed by atoms with Crippen LogP contribution in [-0.4, -0.2) is 37.1 Å². The summed E-state index contributed by atoms with van der Waals surface area (Å²) in [7, 11) is 0. The number of likely N-dealkylation sites (tertiary alicyclic amines) is 1. The first-order valence-electron chi connectivity index (χ1n) is 6.91. The van der Waals surface area contributed by atoms with Gasteiger partial charge in [-0.05, 0) is 24.1 Å². The molecule has 1 aromatic carbocycles. The molecule has 0 bridgehead atoms. The second kappa shape index (κ2) is 6.33. The van der Waals surface area contributed by atoms with Crippen molar-refractivity contribution >= 4 is 0 Å². The summed E-state index contributed by atoms with van der Waals surface area (Å²) in [5.41, 5.74) is 1.25. The quantitative estimate of drug-likeness (QED) is 0.812. The summed E-state index contributed by atoms with van der Waals surface area (Å²) < 4.78 is 31.7. The van der Waals surface area contributed by atoms with Gasteiger partial charge in [0.15, 0.2) is 0 Å². The van der Waals surface area contributed by atoms with Crippen molar-refractivity contribution in [1.29, 1.82) is 0 Å². The first-order chi connectivity index (χ1) is 9.09. The molecule has 0 atom stereocenters. The van der Waals surface area contributed by atoms with Crippen molar-refractivity contribution < 1.29 is 13.5 Å². The number of hydrogen-bond acceptors (Lipinski definition) is 2. The lowest BCUT2D eigenvalue weighted by molar-refractivity contribution is -0.0564. The van der Waals surface area contributed by atoms with E-state index >= 15 is 0 Å². The van der Waals surface area contributed by atoms with Crippen molar-refractivity contribution in [3.63, 3.8) is 0 Å². The fourth-order valence-corrected chi connectivity index (χ4v) is 2.25. The topological polar surface area (TPSA) is 12.5 Å². The Morgan fingerprint density at radius 2 is 2.00 bits per heavy atom. The lowest BCUT2D eigenvalue weighted by Gasteiger charge is -2.31. The van der Waals surface area contributed by atoms with Crippen molar-refractivity contribution in [1.82, 2.24) is 4.90 Å². The zero-order valence-corrected chi connectivity index (χ0v) is 11.4. The molecule has 0 amide bonds. The highest BCUT2D eigenvalue weighted by Crippen LogP contribution is 2.27. The number of alkyl halides is 2. The van der Waals surface area contributed by atoms with Gasteiger partial charge >= 0.3 is 0 Å². The largest absolute Gasteiger partial charge is 0.492 e. The van der Waals surface area contributed by atoms with E-state index in [1.165, 1.54) is 5.56 Å². The Morgan fingerprint density at radius 1 is 1.26 bits per heavy atom. The van der Waals surface area contributed by atoms with Crippen LogP contribution in [-0.2, 0) is 6.42 Å². The highest BCUT2D eigenvalue weighted by atomic mass is 19.3. The molecule has 0 spiro atoms. The minimum atomic E-state index is -2.47. The number of rotatable bonds is 5. The van der Waals surface area contributed by atoms with Crippen LogP contribution < -0.4 is 4.74 Å². The summed E-state index contributed by atoms with van der Waals surface area (Å²) in [5.74, 6) is -1.60. The van der Waals surface area contributed by atoms with Crippen molar-refractivity contribution in [2.45, 2.75) is 32.1 Å². The minimum absolute atomic E-state index is 0.0294. The van der Waals surface area contributed by atoms with Gasteiger partial charge in [-0.25, -0.2) is 8.78 Å². The molecular formula is C15H21F2NO. The van der Waals surface area contributed by atoms with E-state index in [-0.39, 0.29) is 12.8 Å². The molecule has 2 rings (SSSR count). The molecule has 1 fully saturated rings. The molecule has 106 valence electrons. The first kappa shape index (κ1) is 14.3. The maximum absolute atomic E-state index is 13.0. The molecule has 0 aromatic heterocycles. The smallest absolute Gasteiger partial charge is 0.250 e. The summed E-state index contributed by atoms with van der Waals surface area (Å²) in [4.78, 5) is 2.04. The lowest BCUT2D eigenvalue weighted by atomic mass is 10.1. The fraction of sp³-hybridized carbons (Fsp3) is 0.600. The van der Waals surface area contributed by atoms with Gasteiger partial charge < -0.3 is 4.74 Å². The standard InChI is InChI=1S/C15H21F2NO/c1-2-13-4-3-5-14(12-13)19-11-10-18-8-6-15(16,17)7-9-18/h3-5,12H,2,6-11H2,1H3. The van der Waals surface area contributed by atoms with E-state index < -0.39 is 5.92 Å². The maximum Gasteiger partial charge on any atom is 0.250 e. The second-order valence-corrected chi connectivity index (χ2v) is 5.05. The number of ether oxygens (including phenoxy) is 1. The van der Waals surface area contributed by atoms with Gasteiger partial charge in [0.25, 0.3) is 5.92 Å². The predicted octanol–water partition coefficient (Wildman–Crippen LogP) is 3.36. The summed E-state index contributed by atoms with van der Waals surface area (Å²) in [6, 6.07) is 8.02. The summed E-state index contributed by atoms with van der Waals surface area (Å²) >= 11 is 0. The predicted molar refractivity (Wildman–Crippen MR) is 71.9 cm³/mol. The molecule has 1 saturated heterocycles. The van der Waals surface area contributed by atoms with Gasteiger partial charge in [0, 0.05) is 32.5 Å². The molecule has 1 heterocycles. The van der Waals surface area contributed by atoms with Crippen LogP contribution in [0.5, 0.6) is 5.75 Å². The molecular weight excluding hydrogens is 248 g/mol. The molecule has 0 N–H and O–H groups in total. The van der Waals surface area contributed by atoms with E-state index in [4.69, 9.17) is 4.74 Å². The average Bonchev–Trinajstić information content (AvgIpc) is 2.41. The van der Waals surface area contributed by atoms with Crippen molar-refractivity contribution in [2.24, 2.45) is 0 Å². The SMILES string of the molecule is CCc1cccc(OCCN2CCC(F)(F)CC2)c1. The zero-order chi connectivity index (χ0) is 13.7. The molecule has 1 aliphatic rings. The third kappa shape index (κ3) is 4.46. The Morgan fingerprint density at radius 3 is 2.68 bits per heavy atom. The minimum Gasteiger partial charge on any atom is -0.492 e. The van der Waals surface area contributed by atoms with E-state index in [9.17, 15) is 8.78 Å². The first-order valence-corrected chi connectivity index (χ1v) is 6.91. The van der Waals surface area contributed by atoms with Crippen LogP contribution in [0.2, 0.25) is 0 Å². The molecule has 1 aromatic rings. The molecule has 0 aliphatic carbocycles. The Bertz CT molecular complexity index is 399. The van der Waals surface area contributed by atoms with Gasteiger partial charge in [-0.15, -0.1) is 0 Å². The van der Waals surface area contributed by atoms with E-state index in [1.807, 2.05) is 23.1 Å². The second-order valence-electron chi connectivity index (χ2n) is 5.05. The Kier molecular flexibility index (Phi) is 4.75. The van der Waals surface area contributed by atoms with Crippen LogP contribution >= 0.6 is 0 Å². The molecule has 0 unspecified atom stereocenters. The van der Waals surface area contributed by atoms with Crippen molar-refractivity contribution in [2.75, 3.05) is 26.2 Å². The van der Waals surface area contributed by atoms with Gasteiger partial charge in [-0.3, -0.25) is 4.90 Å². The van der Waals surface area contributed by atoms with Crippen LogP contribution in [0.25, 0.3) is 0 Å². The fourth-order valence-electron chi connectivity index (χ4n) is 2.25. The number of benzene rings is 1. The number of hydrogen-bond donors (Lipinski definition) is 0. The van der Waals surface area contributed by atoms with Crippen LogP contribution in [0.4, 0.5) is 8.78 Å². The highest BCUT2D eigenvalue weighted by Gasteiger charge is 2.33. The Balaban J connectivity index is 1.72. The molecule has 0 saturated carbocycles. The van der Waals surface area contributed by atoms with Crippen LogP contribution in [0.3, 0.4) is 0 Å². The van der Waals surface area contributed by atoms with Crippen LogP contribution in [0.15, 0.2) is 24.3 Å². The van der Waals surface area contributed by atoms with E-state index in [2.05, 4.69) is 13.0 Å². The molecule has 1 aliphatic heterocycles. The average molecular weight is 269 g/mol. The Labute approximate surface area is 113 Å². The summed E-state index contributed by atoms with van der Waals surface area (Å²) in [5, 5.41) is 0. The van der Waals surface area contributed by atoms with E-state index in [0.717, 1.165) is 12.2 Å². The van der Waals surface area contributed by atoms with Crippen LogP contribution in [0.1, 0.15) is 25.3 Å².